The molecule has 1 aliphatic rings. The number of carbonyl (C=O) groups excluding carboxylic acids is 1. The summed E-state index contributed by atoms with van der Waals surface area (Å²) < 4.78 is 35.2. The number of aromatic nitrogens is 4. The fraction of sp³-hybridized carbons (Fsp3) is 0.400. The third kappa shape index (κ3) is 8.44. The largest absolute Gasteiger partial charge is 0.491 e. The van der Waals surface area contributed by atoms with E-state index < -0.39 is 19.9 Å². The fourth-order valence-electron chi connectivity index (χ4n) is 5.60. The second-order valence-electron chi connectivity index (χ2n) is 13.2. The first-order chi connectivity index (χ1) is 24.0. The first-order valence-corrected chi connectivity index (χ1v) is 22.9. The van der Waals surface area contributed by atoms with Crippen LogP contribution in [-0.4, -0.2) is 60.7 Å². The van der Waals surface area contributed by atoms with Crippen LogP contribution >= 0.6 is 45.3 Å². The Bertz CT molecular complexity index is 2080. The molecule has 0 saturated heterocycles. The van der Waals surface area contributed by atoms with E-state index in [2.05, 4.69) is 64.0 Å². The number of fused-ring (bicyclic) bond motifs is 2. The topological polar surface area (TPSA) is 104 Å². The maximum absolute atomic E-state index is 14.2. The Hall–Kier alpha value is -3.25. The summed E-state index contributed by atoms with van der Waals surface area (Å²) in [5.74, 6) is 0.616. The lowest BCUT2D eigenvalue weighted by molar-refractivity contribution is 0.0593. The van der Waals surface area contributed by atoms with Crippen molar-refractivity contribution in [2.24, 2.45) is 4.99 Å². The molecule has 0 N–H and O–H groups in total. The minimum atomic E-state index is -1.21. The van der Waals surface area contributed by atoms with Gasteiger partial charge in [-0.15, -0.1) is 21.5 Å². The molecule has 50 heavy (non-hydrogen) atoms. The lowest BCUT2D eigenvalue weighted by Crippen LogP contribution is -2.27. The Labute approximate surface area is 313 Å². The number of nitrogens with zero attached hydrogens (tertiary/aromatic N) is 6. The molecule has 0 radical (unpaired) electrons. The Kier molecular flexibility index (Phi) is 11.7. The van der Waals surface area contributed by atoms with Crippen LogP contribution in [0.3, 0.4) is 0 Å². The maximum atomic E-state index is 14.2. The van der Waals surface area contributed by atoms with Gasteiger partial charge in [0.05, 0.1) is 23.9 Å². The second-order valence-corrected chi connectivity index (χ2v) is 22.2. The molecule has 0 aliphatic carbocycles. The summed E-state index contributed by atoms with van der Waals surface area (Å²) in [5.41, 5.74) is 3.38. The summed E-state index contributed by atoms with van der Waals surface area (Å²) in [5, 5.41) is 9.97. The highest BCUT2D eigenvalue weighted by atomic mass is 127. The number of para-hydroxylation sites is 1. The van der Waals surface area contributed by atoms with Gasteiger partial charge in [0.2, 0.25) is 0 Å². The molecule has 0 spiro atoms. The molecule has 0 bridgehead atoms. The molecule has 264 valence electrons. The van der Waals surface area contributed by atoms with Crippen molar-refractivity contribution in [3.05, 3.63) is 78.4 Å². The van der Waals surface area contributed by atoms with Gasteiger partial charge in [-0.1, -0.05) is 43.1 Å². The van der Waals surface area contributed by atoms with Crippen molar-refractivity contribution in [3.8, 4) is 5.75 Å². The normalized spacial score (nSPS) is 13.6. The third-order valence-corrected chi connectivity index (χ3v) is 12.9. The lowest BCUT2D eigenvalue weighted by Gasteiger charge is -2.28. The molecule has 15 heteroatoms. The van der Waals surface area contributed by atoms with Gasteiger partial charge in [-0.05, 0) is 91.6 Å². The standard InChI is InChI=1S/C35H40FIN6O4S2Si/c1-22-24-10-8-16-42(34-38-30(33(44)45-2)29(49-34)13-9-17-47-27-15-14-23(37)20-25(27)36)32(24)41-40-31(22)39-35-43(21-46-18-19-50(3,4)5)26-11-6-7-12-28(26)48-35/h6-7,11-12,14-15,20H,8-10,13,16-19,21H2,1-5H3/b39-35-. The van der Waals surface area contributed by atoms with Crippen molar-refractivity contribution in [1.29, 1.82) is 0 Å². The number of esters is 1. The number of hydrogen-bond acceptors (Lipinski definition) is 11. The van der Waals surface area contributed by atoms with E-state index >= 15 is 0 Å². The number of thiazole rings is 2. The monoisotopic (exact) mass is 846 g/mol. The summed E-state index contributed by atoms with van der Waals surface area (Å²) in [4.78, 5) is 26.2. The molecule has 0 amide bonds. The maximum Gasteiger partial charge on any atom is 0.357 e. The number of hydrogen-bond donors (Lipinski definition) is 0. The first-order valence-electron chi connectivity index (χ1n) is 16.5. The van der Waals surface area contributed by atoms with Crippen molar-refractivity contribution in [2.45, 2.75) is 65.0 Å². The van der Waals surface area contributed by atoms with Crippen molar-refractivity contribution >= 4 is 86.3 Å². The molecular formula is C35H40FIN6O4S2Si. The van der Waals surface area contributed by atoms with E-state index in [0.29, 0.717) is 43.7 Å². The Morgan fingerprint density at radius 1 is 1.12 bits per heavy atom. The number of aryl methyl sites for hydroxylation is 1. The van der Waals surface area contributed by atoms with E-state index in [9.17, 15) is 9.18 Å². The average Bonchev–Trinajstić information content (AvgIpc) is 3.67. The van der Waals surface area contributed by atoms with Crippen molar-refractivity contribution in [1.82, 2.24) is 19.7 Å². The van der Waals surface area contributed by atoms with Gasteiger partial charge in [0.15, 0.2) is 38.8 Å². The highest BCUT2D eigenvalue weighted by Gasteiger charge is 2.28. The van der Waals surface area contributed by atoms with E-state index in [0.717, 1.165) is 65.9 Å². The van der Waals surface area contributed by atoms with Crippen LogP contribution in [0.2, 0.25) is 25.7 Å². The van der Waals surface area contributed by atoms with Gasteiger partial charge in [-0.2, -0.15) is 4.99 Å². The minimum Gasteiger partial charge on any atom is -0.491 e. The molecule has 1 aliphatic heterocycles. The molecule has 10 nitrogen and oxygen atoms in total. The van der Waals surface area contributed by atoms with Gasteiger partial charge < -0.3 is 19.1 Å². The minimum absolute atomic E-state index is 0.210. The lowest BCUT2D eigenvalue weighted by atomic mass is 10.0. The molecular weight excluding hydrogens is 807 g/mol. The SMILES string of the molecule is COC(=O)c1nc(N2CCCc3c2nnc(/N=c2\sc4ccccc4n2COCC[Si](C)(C)C)c3C)sc1CCCOc1ccc(I)cc1F. The number of carbonyl (C=O) groups is 1. The predicted molar refractivity (Wildman–Crippen MR) is 208 cm³/mol. The Morgan fingerprint density at radius 3 is 2.72 bits per heavy atom. The highest BCUT2D eigenvalue weighted by Crippen LogP contribution is 2.39. The van der Waals surface area contributed by atoms with Crippen LogP contribution in [-0.2, 0) is 29.0 Å². The molecule has 2 aromatic carbocycles. The molecule has 4 heterocycles. The summed E-state index contributed by atoms with van der Waals surface area (Å²) in [7, 11) is 0.138. The number of benzene rings is 2. The quantitative estimate of drug-likeness (QED) is 0.0504. The average molecular weight is 847 g/mol. The van der Waals surface area contributed by atoms with Gasteiger partial charge >= 0.3 is 5.97 Å². The van der Waals surface area contributed by atoms with Crippen LogP contribution in [0, 0.1) is 16.3 Å². The predicted octanol–water partition coefficient (Wildman–Crippen LogP) is 8.43. The number of ether oxygens (including phenoxy) is 3. The summed E-state index contributed by atoms with van der Waals surface area (Å²) in [6.45, 7) is 11.2. The zero-order valence-electron chi connectivity index (χ0n) is 28.8. The van der Waals surface area contributed by atoms with Crippen LogP contribution in [0.5, 0.6) is 5.75 Å². The van der Waals surface area contributed by atoms with Gasteiger partial charge in [0.1, 0.15) is 6.73 Å². The van der Waals surface area contributed by atoms with Gasteiger partial charge in [-0.3, -0.25) is 4.57 Å². The van der Waals surface area contributed by atoms with E-state index in [4.69, 9.17) is 29.3 Å². The zero-order chi connectivity index (χ0) is 35.4. The molecule has 0 saturated carbocycles. The van der Waals surface area contributed by atoms with Crippen molar-refractivity contribution in [2.75, 3.05) is 31.8 Å². The summed E-state index contributed by atoms with van der Waals surface area (Å²) in [6, 6.07) is 14.2. The van der Waals surface area contributed by atoms with Gasteiger partial charge in [-0.25, -0.2) is 14.2 Å². The fourth-order valence-corrected chi connectivity index (χ4v) is 8.95. The highest BCUT2D eigenvalue weighted by molar-refractivity contribution is 14.1. The van der Waals surface area contributed by atoms with Crippen LogP contribution in [0.4, 0.5) is 21.2 Å². The van der Waals surface area contributed by atoms with E-state index in [1.807, 2.05) is 24.0 Å². The summed E-state index contributed by atoms with van der Waals surface area (Å²) in [6.07, 6.45) is 2.80. The molecule has 6 rings (SSSR count). The van der Waals surface area contributed by atoms with Gasteiger partial charge in [0, 0.05) is 40.8 Å². The molecule has 0 atom stereocenters. The van der Waals surface area contributed by atoms with Crippen LogP contribution in [0.25, 0.3) is 10.2 Å². The van der Waals surface area contributed by atoms with Gasteiger partial charge in [0.25, 0.3) is 0 Å². The van der Waals surface area contributed by atoms with E-state index in [1.54, 1.807) is 23.5 Å². The third-order valence-electron chi connectivity index (χ3n) is 8.36. The Balaban J connectivity index is 1.25. The zero-order valence-corrected chi connectivity index (χ0v) is 33.6. The second kappa shape index (κ2) is 16.0. The van der Waals surface area contributed by atoms with Crippen LogP contribution in [0.15, 0.2) is 47.5 Å². The van der Waals surface area contributed by atoms with E-state index in [-0.39, 0.29) is 11.4 Å². The molecule has 5 aromatic rings. The first kappa shape index (κ1) is 36.5. The smallest absolute Gasteiger partial charge is 0.357 e. The number of halogens is 2. The van der Waals surface area contributed by atoms with E-state index in [1.165, 1.54) is 24.5 Å². The number of methoxy groups -OCH3 is 1. The molecule has 0 unspecified atom stereocenters. The number of rotatable bonds is 13. The van der Waals surface area contributed by atoms with Crippen LogP contribution in [0.1, 0.15) is 39.3 Å². The molecule has 3 aromatic heterocycles. The van der Waals surface area contributed by atoms with Crippen molar-refractivity contribution < 1.29 is 23.4 Å². The Morgan fingerprint density at radius 2 is 1.94 bits per heavy atom. The van der Waals surface area contributed by atoms with Crippen LogP contribution < -0.4 is 14.4 Å². The number of anilines is 2. The summed E-state index contributed by atoms with van der Waals surface area (Å²) >= 11 is 5.10. The molecule has 0 fully saturated rings. The van der Waals surface area contributed by atoms with Crippen molar-refractivity contribution in [3.63, 3.8) is 0 Å².